The van der Waals surface area contributed by atoms with Crippen molar-refractivity contribution >= 4 is 36.4 Å². The van der Waals surface area contributed by atoms with E-state index in [4.69, 9.17) is 0 Å². The first-order valence-electron chi connectivity index (χ1n) is 7.15. The van der Waals surface area contributed by atoms with Gasteiger partial charge in [-0.1, -0.05) is 19.1 Å². The van der Waals surface area contributed by atoms with Gasteiger partial charge in [0.25, 0.3) is 0 Å². The first-order valence-corrected chi connectivity index (χ1v) is 7.15. The van der Waals surface area contributed by atoms with Gasteiger partial charge in [-0.2, -0.15) is 5.10 Å². The highest BCUT2D eigenvalue weighted by Gasteiger charge is 2.28. The Bertz CT molecular complexity index is 616. The van der Waals surface area contributed by atoms with Gasteiger partial charge in [-0.05, 0) is 36.7 Å². The fourth-order valence-electron chi connectivity index (χ4n) is 2.38. The summed E-state index contributed by atoms with van der Waals surface area (Å²) in [6, 6.07) is 7.84. The van der Waals surface area contributed by atoms with Crippen LogP contribution in [0.3, 0.4) is 0 Å². The number of rotatable bonds is 5. The molecule has 2 heterocycles. The number of nitrogens with zero attached hydrogens (tertiary/aromatic N) is 3. The highest BCUT2D eigenvalue weighted by Crippen LogP contribution is 2.19. The zero-order valence-electron chi connectivity index (χ0n) is 12.8. The smallest absolute Gasteiger partial charge is 0.227 e. The maximum Gasteiger partial charge on any atom is 0.227 e. The second-order valence-electron chi connectivity index (χ2n) is 5.49. The van der Waals surface area contributed by atoms with Crippen LogP contribution >= 0.6 is 24.8 Å². The summed E-state index contributed by atoms with van der Waals surface area (Å²) in [5.41, 5.74) is 1.91. The number of amides is 1. The van der Waals surface area contributed by atoms with E-state index in [1.54, 1.807) is 11.0 Å². The van der Waals surface area contributed by atoms with E-state index < -0.39 is 0 Å². The summed E-state index contributed by atoms with van der Waals surface area (Å²) in [7, 11) is 0. The summed E-state index contributed by atoms with van der Waals surface area (Å²) in [5.74, 6) is 0.563. The van der Waals surface area contributed by atoms with E-state index in [0.717, 1.165) is 24.3 Å². The van der Waals surface area contributed by atoms with Crippen LogP contribution in [0.25, 0.3) is 0 Å². The van der Waals surface area contributed by atoms with Gasteiger partial charge < -0.3 is 10.6 Å². The molecule has 6 nitrogen and oxygen atoms in total. The third-order valence-corrected chi connectivity index (χ3v) is 3.94. The maximum absolute atomic E-state index is 12.2. The van der Waals surface area contributed by atoms with Gasteiger partial charge >= 0.3 is 0 Å². The number of benzene rings is 1. The molecule has 0 radical (unpaired) electrons. The molecular weight excluding hydrogens is 337 g/mol. The Morgan fingerprint density at radius 3 is 2.83 bits per heavy atom. The van der Waals surface area contributed by atoms with Crippen LogP contribution < -0.4 is 10.6 Å². The Labute approximate surface area is 147 Å². The lowest BCUT2D eigenvalue weighted by molar-refractivity contribution is -0.121. The summed E-state index contributed by atoms with van der Waals surface area (Å²) in [4.78, 5) is 16.1. The van der Waals surface area contributed by atoms with Crippen LogP contribution in [0.15, 0.2) is 36.9 Å². The quantitative estimate of drug-likeness (QED) is 0.857. The minimum absolute atomic E-state index is 0. The largest absolute Gasteiger partial charge is 0.326 e. The van der Waals surface area contributed by atoms with Crippen LogP contribution in [0.4, 0.5) is 5.69 Å². The highest BCUT2D eigenvalue weighted by atomic mass is 35.5. The minimum Gasteiger partial charge on any atom is -0.326 e. The number of hydrogen-bond donors (Lipinski definition) is 2. The van der Waals surface area contributed by atoms with Crippen LogP contribution in [-0.4, -0.2) is 33.8 Å². The molecule has 1 atom stereocenters. The van der Waals surface area contributed by atoms with Crippen molar-refractivity contribution in [1.82, 2.24) is 20.1 Å². The first kappa shape index (κ1) is 19.4. The molecule has 1 unspecified atom stereocenters. The van der Waals surface area contributed by atoms with E-state index in [0.29, 0.717) is 12.5 Å². The molecular formula is C15H21Cl2N5O. The first-order chi connectivity index (χ1) is 10.2. The molecule has 23 heavy (non-hydrogen) atoms. The molecule has 1 aliphatic rings. The lowest BCUT2D eigenvalue weighted by Crippen LogP contribution is -2.48. The van der Waals surface area contributed by atoms with E-state index in [2.05, 4.69) is 20.7 Å². The van der Waals surface area contributed by atoms with Gasteiger partial charge in [0.05, 0.1) is 6.54 Å². The Balaban J connectivity index is 0.00000132. The van der Waals surface area contributed by atoms with Gasteiger partial charge in [0, 0.05) is 11.6 Å². The zero-order valence-corrected chi connectivity index (χ0v) is 14.4. The third-order valence-electron chi connectivity index (χ3n) is 3.94. The second-order valence-corrected chi connectivity index (χ2v) is 5.49. The molecule has 1 amide bonds. The topological polar surface area (TPSA) is 71.8 Å². The lowest BCUT2D eigenvalue weighted by Gasteiger charge is -2.31. The van der Waals surface area contributed by atoms with Crippen LogP contribution in [-0.2, 0) is 11.3 Å². The zero-order chi connectivity index (χ0) is 14.7. The Morgan fingerprint density at radius 1 is 1.43 bits per heavy atom. The molecule has 0 bridgehead atoms. The number of hydrogen-bond acceptors (Lipinski definition) is 4. The second kappa shape index (κ2) is 8.86. The molecule has 8 heteroatoms. The minimum atomic E-state index is 0. The molecule has 0 saturated carbocycles. The standard InChI is InChI=1S/C15H19N5O.2ClH/c1-11(13-6-16-7-13)15(21)19-14-4-2-3-12(5-14)8-20-10-17-9-18-20;;/h2-5,9-11,13,16H,6-8H2,1H3,(H,19,21);2*1H. The van der Waals surface area contributed by atoms with Crippen molar-refractivity contribution in [1.29, 1.82) is 0 Å². The summed E-state index contributed by atoms with van der Waals surface area (Å²) >= 11 is 0. The van der Waals surface area contributed by atoms with Crippen molar-refractivity contribution in [3.63, 3.8) is 0 Å². The molecule has 1 aromatic heterocycles. The van der Waals surface area contributed by atoms with E-state index in [9.17, 15) is 4.79 Å². The molecule has 1 saturated heterocycles. The van der Waals surface area contributed by atoms with Crippen LogP contribution in [0.5, 0.6) is 0 Å². The Kier molecular flexibility index (Phi) is 7.48. The van der Waals surface area contributed by atoms with Crippen molar-refractivity contribution in [2.24, 2.45) is 11.8 Å². The fraction of sp³-hybridized carbons (Fsp3) is 0.400. The molecule has 3 rings (SSSR count). The summed E-state index contributed by atoms with van der Waals surface area (Å²) in [6.45, 7) is 4.49. The van der Waals surface area contributed by atoms with Crippen LogP contribution in [0, 0.1) is 11.8 Å². The summed E-state index contributed by atoms with van der Waals surface area (Å²) in [5, 5.41) is 10.3. The molecule has 0 aliphatic carbocycles. The molecule has 1 aliphatic heterocycles. The van der Waals surface area contributed by atoms with Crippen LogP contribution in [0.2, 0.25) is 0 Å². The molecule has 0 spiro atoms. The molecule has 126 valence electrons. The molecule has 2 aromatic rings. The van der Waals surface area contributed by atoms with Crippen molar-refractivity contribution in [3.05, 3.63) is 42.5 Å². The van der Waals surface area contributed by atoms with Crippen molar-refractivity contribution < 1.29 is 4.79 Å². The van der Waals surface area contributed by atoms with Gasteiger partial charge in [-0.25, -0.2) is 9.67 Å². The van der Waals surface area contributed by atoms with E-state index in [1.165, 1.54) is 6.33 Å². The summed E-state index contributed by atoms with van der Waals surface area (Å²) < 4.78 is 1.75. The fourth-order valence-corrected chi connectivity index (χ4v) is 2.38. The average molecular weight is 358 g/mol. The maximum atomic E-state index is 12.2. The van der Waals surface area contributed by atoms with Gasteiger partial charge in [-0.15, -0.1) is 24.8 Å². The van der Waals surface area contributed by atoms with Gasteiger partial charge in [0.1, 0.15) is 12.7 Å². The number of carbonyl (C=O) groups excluding carboxylic acids is 1. The Morgan fingerprint density at radius 2 is 2.22 bits per heavy atom. The van der Waals surface area contributed by atoms with Crippen molar-refractivity contribution in [2.75, 3.05) is 18.4 Å². The normalized spacial score (nSPS) is 14.8. The highest BCUT2D eigenvalue weighted by molar-refractivity contribution is 5.92. The van der Waals surface area contributed by atoms with E-state index >= 15 is 0 Å². The molecule has 1 fully saturated rings. The predicted octanol–water partition coefficient (Wildman–Crippen LogP) is 1.96. The van der Waals surface area contributed by atoms with Gasteiger partial charge in [0.15, 0.2) is 0 Å². The summed E-state index contributed by atoms with van der Waals surface area (Å²) in [6.07, 6.45) is 3.19. The number of anilines is 1. The van der Waals surface area contributed by atoms with E-state index in [1.807, 2.05) is 31.2 Å². The van der Waals surface area contributed by atoms with Crippen molar-refractivity contribution in [3.8, 4) is 0 Å². The monoisotopic (exact) mass is 357 g/mol. The number of carbonyl (C=O) groups is 1. The molecule has 1 aromatic carbocycles. The van der Waals surface area contributed by atoms with Gasteiger partial charge in [0.2, 0.25) is 5.91 Å². The Hall–Kier alpha value is -1.63. The number of aromatic nitrogens is 3. The van der Waals surface area contributed by atoms with Crippen LogP contribution in [0.1, 0.15) is 12.5 Å². The lowest BCUT2D eigenvalue weighted by atomic mass is 9.88. The third kappa shape index (κ3) is 4.92. The van der Waals surface area contributed by atoms with Gasteiger partial charge in [-0.3, -0.25) is 4.79 Å². The number of halogens is 2. The van der Waals surface area contributed by atoms with E-state index in [-0.39, 0.29) is 36.6 Å². The SMILES string of the molecule is CC(C(=O)Nc1cccc(Cn2cncn2)c1)C1CNC1.Cl.Cl. The number of nitrogens with one attached hydrogen (secondary N) is 2. The molecule has 2 N–H and O–H groups in total. The average Bonchev–Trinajstić information content (AvgIpc) is 2.90. The van der Waals surface area contributed by atoms with Crippen molar-refractivity contribution in [2.45, 2.75) is 13.5 Å². The predicted molar refractivity (Wildman–Crippen MR) is 94.2 cm³/mol.